The summed E-state index contributed by atoms with van der Waals surface area (Å²) in [4.78, 5) is 0. The SMILES string of the molecule is Cc1cc(C)cc(-n2ncc(C)c2N)c1. The Bertz CT molecular complexity index is 477. The lowest BCUT2D eigenvalue weighted by Gasteiger charge is -2.07. The van der Waals surface area contributed by atoms with Crippen LogP contribution in [0.2, 0.25) is 0 Å². The molecule has 0 bridgehead atoms. The van der Waals surface area contributed by atoms with Gasteiger partial charge in [0.1, 0.15) is 5.82 Å². The second-order valence-corrected chi connectivity index (χ2v) is 3.97. The van der Waals surface area contributed by atoms with Crippen LogP contribution in [0, 0.1) is 20.8 Å². The Kier molecular flexibility index (Phi) is 2.23. The monoisotopic (exact) mass is 201 g/mol. The molecule has 0 unspecified atom stereocenters. The van der Waals surface area contributed by atoms with E-state index in [1.807, 2.05) is 6.92 Å². The summed E-state index contributed by atoms with van der Waals surface area (Å²) in [6.07, 6.45) is 1.78. The summed E-state index contributed by atoms with van der Waals surface area (Å²) >= 11 is 0. The van der Waals surface area contributed by atoms with Crippen molar-refractivity contribution in [3.05, 3.63) is 41.1 Å². The van der Waals surface area contributed by atoms with Gasteiger partial charge in [0.2, 0.25) is 0 Å². The lowest BCUT2D eigenvalue weighted by molar-refractivity contribution is 0.888. The Hall–Kier alpha value is -1.77. The third-order valence-electron chi connectivity index (χ3n) is 2.45. The largest absolute Gasteiger partial charge is 0.383 e. The first kappa shape index (κ1) is 9.77. The first-order chi connectivity index (χ1) is 7.08. The van der Waals surface area contributed by atoms with Crippen molar-refractivity contribution in [1.29, 1.82) is 0 Å². The third kappa shape index (κ3) is 1.73. The van der Waals surface area contributed by atoms with Crippen molar-refractivity contribution in [2.45, 2.75) is 20.8 Å². The second kappa shape index (κ2) is 3.42. The molecule has 3 nitrogen and oxygen atoms in total. The Balaban J connectivity index is 2.58. The van der Waals surface area contributed by atoms with Gasteiger partial charge < -0.3 is 5.73 Å². The van der Waals surface area contributed by atoms with Crippen molar-refractivity contribution in [3.8, 4) is 5.69 Å². The van der Waals surface area contributed by atoms with Gasteiger partial charge in [-0.2, -0.15) is 5.10 Å². The zero-order valence-electron chi connectivity index (χ0n) is 9.28. The molecule has 0 saturated heterocycles. The van der Waals surface area contributed by atoms with Gasteiger partial charge in [-0.1, -0.05) is 6.07 Å². The van der Waals surface area contributed by atoms with Crippen molar-refractivity contribution in [3.63, 3.8) is 0 Å². The highest BCUT2D eigenvalue weighted by atomic mass is 15.3. The lowest BCUT2D eigenvalue weighted by atomic mass is 10.1. The quantitative estimate of drug-likeness (QED) is 0.769. The Morgan fingerprint density at radius 3 is 2.13 bits per heavy atom. The van der Waals surface area contributed by atoms with Crippen molar-refractivity contribution < 1.29 is 0 Å². The van der Waals surface area contributed by atoms with E-state index in [0.717, 1.165) is 11.3 Å². The highest BCUT2D eigenvalue weighted by molar-refractivity contribution is 5.48. The summed E-state index contributed by atoms with van der Waals surface area (Å²) in [7, 11) is 0. The van der Waals surface area contributed by atoms with E-state index in [2.05, 4.69) is 37.1 Å². The minimum Gasteiger partial charge on any atom is -0.383 e. The molecule has 3 heteroatoms. The van der Waals surface area contributed by atoms with Gasteiger partial charge >= 0.3 is 0 Å². The number of benzene rings is 1. The molecular weight excluding hydrogens is 186 g/mol. The van der Waals surface area contributed by atoms with E-state index in [1.165, 1.54) is 11.1 Å². The Morgan fingerprint density at radius 2 is 1.67 bits per heavy atom. The zero-order valence-corrected chi connectivity index (χ0v) is 9.28. The fraction of sp³-hybridized carbons (Fsp3) is 0.250. The molecule has 1 heterocycles. The molecule has 2 N–H and O–H groups in total. The van der Waals surface area contributed by atoms with Crippen molar-refractivity contribution >= 4 is 5.82 Å². The van der Waals surface area contributed by atoms with Gasteiger partial charge in [-0.25, -0.2) is 4.68 Å². The first-order valence-electron chi connectivity index (χ1n) is 4.96. The molecule has 1 aromatic heterocycles. The molecule has 2 rings (SSSR count). The van der Waals surface area contributed by atoms with Crippen LogP contribution in [-0.4, -0.2) is 9.78 Å². The molecule has 0 saturated carbocycles. The topological polar surface area (TPSA) is 43.8 Å². The van der Waals surface area contributed by atoms with Crippen LogP contribution in [0.15, 0.2) is 24.4 Å². The van der Waals surface area contributed by atoms with Crippen LogP contribution >= 0.6 is 0 Å². The Morgan fingerprint density at radius 1 is 1.07 bits per heavy atom. The van der Waals surface area contributed by atoms with E-state index < -0.39 is 0 Å². The number of aromatic nitrogens is 2. The minimum atomic E-state index is 0.708. The van der Waals surface area contributed by atoms with Gasteiger partial charge in [0.15, 0.2) is 0 Å². The van der Waals surface area contributed by atoms with Crippen molar-refractivity contribution in [2.75, 3.05) is 5.73 Å². The van der Waals surface area contributed by atoms with Crippen molar-refractivity contribution in [1.82, 2.24) is 9.78 Å². The van der Waals surface area contributed by atoms with E-state index in [1.54, 1.807) is 10.9 Å². The Labute approximate surface area is 89.5 Å². The van der Waals surface area contributed by atoms with E-state index in [0.29, 0.717) is 5.82 Å². The fourth-order valence-corrected chi connectivity index (χ4v) is 1.72. The molecule has 1 aromatic carbocycles. The molecule has 0 atom stereocenters. The minimum absolute atomic E-state index is 0.708. The van der Waals surface area contributed by atoms with Gasteiger partial charge in [-0.15, -0.1) is 0 Å². The van der Waals surface area contributed by atoms with Crippen LogP contribution in [0.3, 0.4) is 0 Å². The molecule has 0 radical (unpaired) electrons. The van der Waals surface area contributed by atoms with E-state index in [-0.39, 0.29) is 0 Å². The van der Waals surface area contributed by atoms with E-state index >= 15 is 0 Å². The van der Waals surface area contributed by atoms with Gasteiger partial charge in [0, 0.05) is 5.56 Å². The molecule has 0 aliphatic carbocycles. The third-order valence-corrected chi connectivity index (χ3v) is 2.45. The fourth-order valence-electron chi connectivity index (χ4n) is 1.72. The zero-order chi connectivity index (χ0) is 11.0. The summed E-state index contributed by atoms with van der Waals surface area (Å²) in [6.45, 7) is 6.10. The predicted octanol–water partition coefficient (Wildman–Crippen LogP) is 2.38. The summed E-state index contributed by atoms with van der Waals surface area (Å²) < 4.78 is 1.77. The normalized spacial score (nSPS) is 10.6. The summed E-state index contributed by atoms with van der Waals surface area (Å²) in [5, 5.41) is 4.26. The number of nitrogen functional groups attached to an aromatic ring is 1. The summed E-state index contributed by atoms with van der Waals surface area (Å²) in [6, 6.07) is 6.29. The van der Waals surface area contributed by atoms with Gasteiger partial charge in [-0.05, 0) is 44.0 Å². The molecule has 0 fully saturated rings. The van der Waals surface area contributed by atoms with Crippen LogP contribution < -0.4 is 5.73 Å². The number of anilines is 1. The lowest BCUT2D eigenvalue weighted by Crippen LogP contribution is -2.02. The molecule has 0 aliphatic heterocycles. The molecule has 78 valence electrons. The molecular formula is C12H15N3. The highest BCUT2D eigenvalue weighted by Crippen LogP contribution is 2.18. The van der Waals surface area contributed by atoms with Gasteiger partial charge in [0.05, 0.1) is 11.9 Å². The first-order valence-corrected chi connectivity index (χ1v) is 4.96. The van der Waals surface area contributed by atoms with Gasteiger partial charge in [-0.3, -0.25) is 0 Å². The smallest absolute Gasteiger partial charge is 0.130 e. The van der Waals surface area contributed by atoms with Gasteiger partial charge in [0.25, 0.3) is 0 Å². The van der Waals surface area contributed by atoms with Crippen LogP contribution in [0.25, 0.3) is 5.69 Å². The van der Waals surface area contributed by atoms with E-state index in [4.69, 9.17) is 5.73 Å². The second-order valence-electron chi connectivity index (χ2n) is 3.97. The molecule has 2 aromatic rings. The number of nitrogens with zero attached hydrogens (tertiary/aromatic N) is 2. The predicted molar refractivity (Wildman–Crippen MR) is 62.2 cm³/mol. The number of hydrogen-bond donors (Lipinski definition) is 1. The molecule has 0 amide bonds. The maximum atomic E-state index is 5.94. The average Bonchev–Trinajstić information content (AvgIpc) is 2.46. The number of rotatable bonds is 1. The van der Waals surface area contributed by atoms with Crippen LogP contribution in [0.1, 0.15) is 16.7 Å². The average molecular weight is 201 g/mol. The summed E-state index contributed by atoms with van der Waals surface area (Å²) in [5.41, 5.74) is 10.4. The summed E-state index contributed by atoms with van der Waals surface area (Å²) in [5.74, 6) is 0.708. The van der Waals surface area contributed by atoms with E-state index in [9.17, 15) is 0 Å². The number of hydrogen-bond acceptors (Lipinski definition) is 2. The maximum absolute atomic E-state index is 5.94. The van der Waals surface area contributed by atoms with Crippen molar-refractivity contribution in [2.24, 2.45) is 0 Å². The standard InChI is InChI=1S/C12H15N3/c1-8-4-9(2)6-11(5-8)15-12(13)10(3)7-14-15/h4-7H,13H2,1-3H3. The number of aryl methyl sites for hydroxylation is 3. The number of nitrogens with two attached hydrogens (primary N) is 1. The van der Waals surface area contributed by atoms with Crippen LogP contribution in [0.5, 0.6) is 0 Å². The molecule has 0 aliphatic rings. The van der Waals surface area contributed by atoms with Crippen LogP contribution in [-0.2, 0) is 0 Å². The molecule has 0 spiro atoms. The molecule has 15 heavy (non-hydrogen) atoms. The highest BCUT2D eigenvalue weighted by Gasteiger charge is 2.05. The maximum Gasteiger partial charge on any atom is 0.130 e. The van der Waals surface area contributed by atoms with Crippen LogP contribution in [0.4, 0.5) is 5.82 Å².